The van der Waals surface area contributed by atoms with Crippen LogP contribution in [0.3, 0.4) is 0 Å². The average Bonchev–Trinajstić information content (AvgIpc) is 2.98. The minimum Gasteiger partial charge on any atom is -0.325 e. The summed E-state index contributed by atoms with van der Waals surface area (Å²) < 4.78 is 1.92. The Labute approximate surface area is 131 Å². The molecule has 0 saturated carbocycles. The minimum absolute atomic E-state index is 0.0469. The van der Waals surface area contributed by atoms with Crippen LogP contribution in [0.4, 0.5) is 5.69 Å². The molecule has 118 valence electrons. The molecule has 0 fully saturated rings. The third-order valence-electron chi connectivity index (χ3n) is 3.59. The standard InChI is InChI=1S/C17H24N4O/c1-12(2)21-11-15(10-18-21)13(3)19-14(4)17(22)20-16-8-6-5-7-9-16/h5-14,19H,1-4H3,(H,20,22)/t13-,14-/m0/s1. The molecule has 0 aliphatic heterocycles. The predicted octanol–water partition coefficient (Wildman–Crippen LogP) is 3.14. The molecule has 0 saturated heterocycles. The maximum absolute atomic E-state index is 12.2. The molecule has 0 bridgehead atoms. The first kappa shape index (κ1) is 16.2. The van der Waals surface area contributed by atoms with Crippen LogP contribution in [-0.2, 0) is 4.79 Å². The van der Waals surface area contributed by atoms with Gasteiger partial charge in [0.1, 0.15) is 0 Å². The summed E-state index contributed by atoms with van der Waals surface area (Å²) in [6.07, 6.45) is 3.86. The second-order valence-electron chi connectivity index (χ2n) is 5.81. The van der Waals surface area contributed by atoms with Gasteiger partial charge in [0, 0.05) is 29.5 Å². The van der Waals surface area contributed by atoms with Gasteiger partial charge in [-0.05, 0) is 39.8 Å². The fourth-order valence-electron chi connectivity index (χ4n) is 2.18. The molecular formula is C17H24N4O. The summed E-state index contributed by atoms with van der Waals surface area (Å²) in [6, 6.07) is 9.57. The fourth-order valence-corrected chi connectivity index (χ4v) is 2.18. The van der Waals surface area contributed by atoms with Crippen molar-refractivity contribution in [2.24, 2.45) is 0 Å². The Hall–Kier alpha value is -2.14. The van der Waals surface area contributed by atoms with Crippen LogP contribution in [0.5, 0.6) is 0 Å². The average molecular weight is 300 g/mol. The molecule has 5 nitrogen and oxygen atoms in total. The first-order valence-electron chi connectivity index (χ1n) is 7.63. The van der Waals surface area contributed by atoms with E-state index < -0.39 is 0 Å². The SMILES string of the molecule is CC(C)n1cc([C@H](C)N[C@@H](C)C(=O)Nc2ccccc2)cn1. The Morgan fingerprint density at radius 3 is 2.41 bits per heavy atom. The van der Waals surface area contributed by atoms with Gasteiger partial charge in [-0.3, -0.25) is 14.8 Å². The highest BCUT2D eigenvalue weighted by molar-refractivity contribution is 5.94. The maximum atomic E-state index is 12.2. The number of rotatable bonds is 6. The summed E-state index contributed by atoms with van der Waals surface area (Å²) in [4.78, 5) is 12.2. The van der Waals surface area contributed by atoms with E-state index in [1.165, 1.54) is 0 Å². The number of hydrogen-bond acceptors (Lipinski definition) is 3. The van der Waals surface area contributed by atoms with E-state index in [4.69, 9.17) is 0 Å². The summed E-state index contributed by atoms with van der Waals surface area (Å²) in [5, 5.41) is 10.5. The maximum Gasteiger partial charge on any atom is 0.241 e. The van der Waals surface area contributed by atoms with Crippen LogP contribution >= 0.6 is 0 Å². The molecule has 0 aliphatic rings. The molecule has 22 heavy (non-hydrogen) atoms. The zero-order chi connectivity index (χ0) is 16.1. The molecule has 1 heterocycles. The van der Waals surface area contributed by atoms with Crippen LogP contribution in [0.15, 0.2) is 42.7 Å². The Balaban J connectivity index is 1.92. The van der Waals surface area contributed by atoms with Gasteiger partial charge in [0.15, 0.2) is 0 Å². The molecule has 0 unspecified atom stereocenters. The number of benzene rings is 1. The number of aromatic nitrogens is 2. The zero-order valence-electron chi connectivity index (χ0n) is 13.6. The molecule has 1 aromatic carbocycles. The van der Waals surface area contributed by atoms with Crippen molar-refractivity contribution in [3.63, 3.8) is 0 Å². The van der Waals surface area contributed by atoms with E-state index in [0.717, 1.165) is 11.3 Å². The van der Waals surface area contributed by atoms with E-state index in [1.54, 1.807) is 0 Å². The molecule has 2 aromatic rings. The second-order valence-corrected chi connectivity index (χ2v) is 5.81. The zero-order valence-corrected chi connectivity index (χ0v) is 13.6. The van der Waals surface area contributed by atoms with Crippen LogP contribution in [0.25, 0.3) is 0 Å². The molecule has 5 heteroatoms. The monoisotopic (exact) mass is 300 g/mol. The number of anilines is 1. The number of carbonyl (C=O) groups is 1. The van der Waals surface area contributed by atoms with Crippen molar-refractivity contribution in [3.8, 4) is 0 Å². The lowest BCUT2D eigenvalue weighted by Crippen LogP contribution is -2.39. The van der Waals surface area contributed by atoms with Crippen molar-refractivity contribution in [3.05, 3.63) is 48.3 Å². The lowest BCUT2D eigenvalue weighted by atomic mass is 10.1. The molecule has 2 rings (SSSR count). The summed E-state index contributed by atoms with van der Waals surface area (Å²) >= 11 is 0. The summed E-state index contributed by atoms with van der Waals surface area (Å²) in [5.41, 5.74) is 1.88. The van der Waals surface area contributed by atoms with Crippen molar-refractivity contribution in [1.29, 1.82) is 0 Å². The first-order chi connectivity index (χ1) is 10.5. The van der Waals surface area contributed by atoms with Gasteiger partial charge in [-0.1, -0.05) is 18.2 Å². The molecule has 0 spiro atoms. The number of amides is 1. The molecule has 2 N–H and O–H groups in total. The second kappa shape index (κ2) is 7.22. The number of carbonyl (C=O) groups excluding carboxylic acids is 1. The van der Waals surface area contributed by atoms with Crippen LogP contribution in [-0.4, -0.2) is 21.7 Å². The van der Waals surface area contributed by atoms with Crippen molar-refractivity contribution in [2.75, 3.05) is 5.32 Å². The Bertz CT molecular complexity index is 606. The van der Waals surface area contributed by atoms with E-state index in [0.29, 0.717) is 6.04 Å². The summed E-state index contributed by atoms with van der Waals surface area (Å²) in [5.74, 6) is -0.0469. The lowest BCUT2D eigenvalue weighted by molar-refractivity contribution is -0.117. The topological polar surface area (TPSA) is 59.0 Å². The highest BCUT2D eigenvalue weighted by Crippen LogP contribution is 2.15. The van der Waals surface area contributed by atoms with Crippen molar-refractivity contribution < 1.29 is 4.79 Å². The minimum atomic E-state index is -0.294. The molecule has 1 aromatic heterocycles. The summed E-state index contributed by atoms with van der Waals surface area (Å²) in [7, 11) is 0. The predicted molar refractivity (Wildman–Crippen MR) is 88.7 cm³/mol. The van der Waals surface area contributed by atoms with Gasteiger partial charge in [0.2, 0.25) is 5.91 Å². The normalized spacial score (nSPS) is 13.9. The van der Waals surface area contributed by atoms with Crippen molar-refractivity contribution >= 4 is 11.6 Å². The van der Waals surface area contributed by atoms with E-state index in [-0.39, 0.29) is 18.0 Å². The van der Waals surface area contributed by atoms with Gasteiger partial charge in [-0.2, -0.15) is 5.10 Å². The van der Waals surface area contributed by atoms with Crippen molar-refractivity contribution in [2.45, 2.75) is 45.8 Å². The number of para-hydroxylation sites is 1. The molecule has 1 amide bonds. The Morgan fingerprint density at radius 1 is 1.14 bits per heavy atom. The molecular weight excluding hydrogens is 276 g/mol. The highest BCUT2D eigenvalue weighted by atomic mass is 16.2. The third kappa shape index (κ3) is 4.18. The van der Waals surface area contributed by atoms with Crippen LogP contribution in [0.1, 0.15) is 45.3 Å². The van der Waals surface area contributed by atoms with E-state index in [2.05, 4.69) is 29.6 Å². The lowest BCUT2D eigenvalue weighted by Gasteiger charge is -2.18. The van der Waals surface area contributed by atoms with Gasteiger partial charge >= 0.3 is 0 Å². The number of hydrogen-bond donors (Lipinski definition) is 2. The van der Waals surface area contributed by atoms with Gasteiger partial charge in [0.25, 0.3) is 0 Å². The fraction of sp³-hybridized carbons (Fsp3) is 0.412. The summed E-state index contributed by atoms with van der Waals surface area (Å²) in [6.45, 7) is 8.07. The first-order valence-corrected chi connectivity index (χ1v) is 7.63. The van der Waals surface area contributed by atoms with Gasteiger partial charge < -0.3 is 5.32 Å². The number of nitrogens with zero attached hydrogens (tertiary/aromatic N) is 2. The van der Waals surface area contributed by atoms with Crippen LogP contribution < -0.4 is 10.6 Å². The smallest absolute Gasteiger partial charge is 0.241 e. The van der Waals surface area contributed by atoms with Gasteiger partial charge in [-0.25, -0.2) is 0 Å². The van der Waals surface area contributed by atoms with Crippen LogP contribution in [0.2, 0.25) is 0 Å². The van der Waals surface area contributed by atoms with Crippen molar-refractivity contribution in [1.82, 2.24) is 15.1 Å². The van der Waals surface area contributed by atoms with E-state index in [9.17, 15) is 4.79 Å². The largest absolute Gasteiger partial charge is 0.325 e. The Kier molecular flexibility index (Phi) is 5.33. The van der Waals surface area contributed by atoms with Gasteiger partial charge in [-0.15, -0.1) is 0 Å². The molecule has 2 atom stereocenters. The van der Waals surface area contributed by atoms with E-state index in [1.807, 2.05) is 61.3 Å². The molecule has 0 aliphatic carbocycles. The number of nitrogens with one attached hydrogen (secondary N) is 2. The van der Waals surface area contributed by atoms with Gasteiger partial charge in [0.05, 0.1) is 12.2 Å². The van der Waals surface area contributed by atoms with Crippen LogP contribution in [0, 0.1) is 0 Å². The van der Waals surface area contributed by atoms with E-state index >= 15 is 0 Å². The quantitative estimate of drug-likeness (QED) is 0.861. The third-order valence-corrected chi connectivity index (χ3v) is 3.59. The molecule has 0 radical (unpaired) electrons. The highest BCUT2D eigenvalue weighted by Gasteiger charge is 2.17. The Morgan fingerprint density at radius 2 is 1.82 bits per heavy atom.